The highest BCUT2D eigenvalue weighted by Crippen LogP contribution is 2.38. The molecule has 2 fully saturated rings. The van der Waals surface area contributed by atoms with E-state index in [2.05, 4.69) is 27.5 Å². The maximum Gasteiger partial charge on any atom is 0.202 e. The highest BCUT2D eigenvalue weighted by atomic mass is 79.9. The summed E-state index contributed by atoms with van der Waals surface area (Å²) in [7, 11) is 0. The average Bonchev–Trinajstić information content (AvgIpc) is 2.64. The summed E-state index contributed by atoms with van der Waals surface area (Å²) in [4.78, 5) is 10.9. The number of hydrogen-bond donors (Lipinski definition) is 1. The van der Waals surface area contributed by atoms with Gasteiger partial charge in [-0.1, -0.05) is 22.0 Å². The second-order valence-electron chi connectivity index (χ2n) is 5.12. The minimum atomic E-state index is 0.0152. The van der Waals surface area contributed by atoms with Gasteiger partial charge in [0.15, 0.2) is 6.23 Å². The lowest BCUT2D eigenvalue weighted by molar-refractivity contribution is 0.0998. The number of hydrogen-bond acceptors (Lipinski definition) is 3. The SMILES string of the molecule is O=[C]C1CC2CC1CC(Oc1cccc(Br)c1)N2. The van der Waals surface area contributed by atoms with E-state index in [4.69, 9.17) is 4.74 Å². The lowest BCUT2D eigenvalue weighted by atomic mass is 9.92. The zero-order chi connectivity index (χ0) is 12.5. The Bertz CT molecular complexity index is 451. The van der Waals surface area contributed by atoms with Crippen molar-refractivity contribution in [2.24, 2.45) is 11.8 Å². The van der Waals surface area contributed by atoms with Crippen LogP contribution < -0.4 is 10.1 Å². The quantitative estimate of drug-likeness (QED) is 0.933. The molecule has 2 bridgehead atoms. The summed E-state index contributed by atoms with van der Waals surface area (Å²) < 4.78 is 6.95. The summed E-state index contributed by atoms with van der Waals surface area (Å²) in [5, 5.41) is 3.46. The molecule has 4 atom stereocenters. The number of carbonyl (C=O) groups excluding carboxylic acids is 1. The van der Waals surface area contributed by atoms with E-state index < -0.39 is 0 Å². The standard InChI is InChI=1S/C14H15BrNO2/c15-11-2-1-3-13(7-11)18-14-6-9-4-12(16-14)5-10(9)8-17/h1-3,7,9-10,12,14,16H,4-6H2. The van der Waals surface area contributed by atoms with E-state index in [1.54, 1.807) is 0 Å². The van der Waals surface area contributed by atoms with Gasteiger partial charge < -0.3 is 4.74 Å². The van der Waals surface area contributed by atoms with Crippen LogP contribution in [0.25, 0.3) is 0 Å². The second-order valence-corrected chi connectivity index (χ2v) is 6.03. The van der Waals surface area contributed by atoms with Crippen molar-refractivity contribution in [1.82, 2.24) is 5.32 Å². The van der Waals surface area contributed by atoms with Crippen LogP contribution in [0.15, 0.2) is 28.7 Å². The van der Waals surface area contributed by atoms with Crippen LogP contribution in [0.3, 0.4) is 0 Å². The molecule has 1 heterocycles. The van der Waals surface area contributed by atoms with Crippen molar-refractivity contribution < 1.29 is 9.53 Å². The summed E-state index contributed by atoms with van der Waals surface area (Å²) in [5.41, 5.74) is 0. The van der Waals surface area contributed by atoms with E-state index in [-0.39, 0.29) is 12.1 Å². The molecule has 0 amide bonds. The van der Waals surface area contributed by atoms with Gasteiger partial charge in [-0.15, -0.1) is 0 Å². The maximum atomic E-state index is 10.9. The Balaban J connectivity index is 1.67. The zero-order valence-corrected chi connectivity index (χ0v) is 11.5. The van der Waals surface area contributed by atoms with Crippen LogP contribution in [0.2, 0.25) is 0 Å². The lowest BCUT2D eigenvalue weighted by Gasteiger charge is -2.30. The molecule has 0 aromatic heterocycles. The maximum absolute atomic E-state index is 10.9. The fraction of sp³-hybridized carbons (Fsp3) is 0.500. The summed E-state index contributed by atoms with van der Waals surface area (Å²) in [6.45, 7) is 0. The molecule has 1 aliphatic carbocycles. The first-order valence-corrected chi connectivity index (χ1v) is 7.10. The minimum Gasteiger partial charge on any atom is -0.475 e. The summed E-state index contributed by atoms with van der Waals surface area (Å²) in [6.07, 6.45) is 5.07. The minimum absolute atomic E-state index is 0.0152. The third-order valence-electron chi connectivity index (χ3n) is 3.86. The molecule has 1 aromatic rings. The highest BCUT2D eigenvalue weighted by molar-refractivity contribution is 9.10. The first-order chi connectivity index (χ1) is 8.74. The number of benzene rings is 1. The molecule has 1 saturated heterocycles. The van der Waals surface area contributed by atoms with Crippen LogP contribution in [0.5, 0.6) is 5.75 Å². The molecular weight excluding hydrogens is 294 g/mol. The smallest absolute Gasteiger partial charge is 0.202 e. The van der Waals surface area contributed by atoms with Crippen molar-refractivity contribution >= 4 is 22.2 Å². The van der Waals surface area contributed by atoms with E-state index in [1.165, 1.54) is 0 Å². The Hall–Kier alpha value is -0.870. The van der Waals surface area contributed by atoms with Crippen molar-refractivity contribution in [1.29, 1.82) is 0 Å². The number of piperidine rings is 1. The van der Waals surface area contributed by atoms with Gasteiger partial charge in [0.25, 0.3) is 0 Å². The van der Waals surface area contributed by atoms with Crippen molar-refractivity contribution in [3.8, 4) is 5.75 Å². The van der Waals surface area contributed by atoms with E-state index in [9.17, 15) is 4.79 Å². The molecule has 1 radical (unpaired) electrons. The summed E-state index contributed by atoms with van der Waals surface area (Å²) in [5.74, 6) is 1.39. The molecule has 1 N–H and O–H groups in total. The van der Waals surface area contributed by atoms with Gasteiger partial charge in [-0.05, 0) is 37.0 Å². The number of nitrogens with one attached hydrogen (secondary N) is 1. The Labute approximate surface area is 115 Å². The Morgan fingerprint density at radius 2 is 2.22 bits per heavy atom. The van der Waals surface area contributed by atoms with Crippen LogP contribution in [-0.4, -0.2) is 18.6 Å². The second kappa shape index (κ2) is 5.02. The molecular formula is C14H15BrNO2. The zero-order valence-electron chi connectivity index (χ0n) is 9.93. The Kier molecular flexibility index (Phi) is 3.39. The van der Waals surface area contributed by atoms with Crippen LogP contribution in [0.4, 0.5) is 0 Å². The van der Waals surface area contributed by atoms with Crippen LogP contribution >= 0.6 is 15.9 Å². The lowest BCUT2D eigenvalue weighted by Crippen LogP contribution is -2.44. The van der Waals surface area contributed by atoms with Gasteiger partial charge in [-0.2, -0.15) is 0 Å². The van der Waals surface area contributed by atoms with Gasteiger partial charge in [-0.3, -0.25) is 10.1 Å². The van der Waals surface area contributed by atoms with E-state index in [0.29, 0.717) is 12.0 Å². The van der Waals surface area contributed by atoms with Crippen LogP contribution in [0, 0.1) is 11.8 Å². The molecule has 4 unspecified atom stereocenters. The topological polar surface area (TPSA) is 38.3 Å². The van der Waals surface area contributed by atoms with Crippen LogP contribution in [0.1, 0.15) is 19.3 Å². The van der Waals surface area contributed by atoms with Gasteiger partial charge in [0.1, 0.15) is 5.75 Å². The molecule has 1 saturated carbocycles. The number of halogens is 1. The van der Waals surface area contributed by atoms with E-state index in [0.717, 1.165) is 29.5 Å². The third kappa shape index (κ3) is 2.45. The van der Waals surface area contributed by atoms with Gasteiger partial charge in [0.05, 0.1) is 0 Å². The van der Waals surface area contributed by atoms with Crippen molar-refractivity contribution in [3.63, 3.8) is 0 Å². The number of rotatable bonds is 3. The molecule has 1 aliphatic heterocycles. The summed E-state index contributed by atoms with van der Waals surface area (Å²) >= 11 is 3.43. The molecule has 0 spiro atoms. The highest BCUT2D eigenvalue weighted by Gasteiger charge is 2.41. The molecule has 4 heteroatoms. The number of fused-ring (bicyclic) bond motifs is 2. The Morgan fingerprint density at radius 3 is 3.00 bits per heavy atom. The fourth-order valence-electron chi connectivity index (χ4n) is 3.06. The van der Waals surface area contributed by atoms with Crippen LogP contribution in [-0.2, 0) is 4.79 Å². The predicted octanol–water partition coefficient (Wildman–Crippen LogP) is 2.65. The van der Waals surface area contributed by atoms with Gasteiger partial charge in [0, 0.05) is 22.9 Å². The molecule has 3 nitrogen and oxygen atoms in total. The molecule has 95 valence electrons. The number of ether oxygens (including phenoxy) is 1. The van der Waals surface area contributed by atoms with Crippen molar-refractivity contribution in [2.45, 2.75) is 31.5 Å². The molecule has 2 aliphatic rings. The summed E-state index contributed by atoms with van der Waals surface area (Å²) in [6, 6.07) is 8.25. The van der Waals surface area contributed by atoms with Crippen molar-refractivity contribution in [3.05, 3.63) is 28.7 Å². The van der Waals surface area contributed by atoms with E-state index in [1.807, 2.05) is 24.3 Å². The van der Waals surface area contributed by atoms with Gasteiger partial charge in [0.2, 0.25) is 6.29 Å². The normalized spacial score (nSPS) is 34.3. The first kappa shape index (κ1) is 12.2. The monoisotopic (exact) mass is 308 g/mol. The largest absolute Gasteiger partial charge is 0.475 e. The Morgan fingerprint density at radius 1 is 1.33 bits per heavy atom. The molecule has 1 aromatic carbocycles. The first-order valence-electron chi connectivity index (χ1n) is 6.30. The molecule has 3 rings (SSSR count). The average molecular weight is 309 g/mol. The third-order valence-corrected chi connectivity index (χ3v) is 4.35. The van der Waals surface area contributed by atoms with Gasteiger partial charge in [-0.25, -0.2) is 0 Å². The van der Waals surface area contributed by atoms with E-state index >= 15 is 0 Å². The predicted molar refractivity (Wildman–Crippen MR) is 72.0 cm³/mol. The van der Waals surface area contributed by atoms with Gasteiger partial charge >= 0.3 is 0 Å². The molecule has 18 heavy (non-hydrogen) atoms. The fourth-order valence-corrected chi connectivity index (χ4v) is 3.44. The van der Waals surface area contributed by atoms with Crippen molar-refractivity contribution in [2.75, 3.05) is 0 Å².